The molecule has 2 aromatic rings. The SMILES string of the molecule is CC(C)N(CC(=O)Nc1cc(C(C)(C)C)nn1C)C(=O)c1ccc2c(c1)OCO2. The summed E-state index contributed by atoms with van der Waals surface area (Å²) in [7, 11) is 1.78. The minimum atomic E-state index is -0.281. The van der Waals surface area contributed by atoms with Gasteiger partial charge in [0, 0.05) is 30.1 Å². The number of hydrogen-bond acceptors (Lipinski definition) is 5. The average Bonchev–Trinajstić information content (AvgIpc) is 3.24. The van der Waals surface area contributed by atoms with E-state index in [1.807, 2.05) is 19.9 Å². The first-order valence-electron chi connectivity index (χ1n) is 9.61. The fourth-order valence-corrected chi connectivity index (χ4v) is 2.97. The Kier molecular flexibility index (Phi) is 5.55. The van der Waals surface area contributed by atoms with Gasteiger partial charge in [0.15, 0.2) is 11.5 Å². The number of benzene rings is 1. The molecule has 2 amide bonds. The third-order valence-corrected chi connectivity index (χ3v) is 4.73. The molecule has 0 spiro atoms. The lowest BCUT2D eigenvalue weighted by Gasteiger charge is -2.26. The predicted molar refractivity (Wildman–Crippen MR) is 109 cm³/mol. The molecule has 2 heterocycles. The van der Waals surface area contributed by atoms with Crippen LogP contribution in [0, 0.1) is 0 Å². The van der Waals surface area contributed by atoms with Crippen LogP contribution >= 0.6 is 0 Å². The van der Waals surface area contributed by atoms with E-state index in [0.717, 1.165) is 5.69 Å². The largest absolute Gasteiger partial charge is 0.454 e. The van der Waals surface area contributed by atoms with Gasteiger partial charge in [0.05, 0.1) is 5.69 Å². The Morgan fingerprint density at radius 2 is 1.90 bits per heavy atom. The number of aromatic nitrogens is 2. The summed E-state index contributed by atoms with van der Waals surface area (Å²) in [5, 5.41) is 7.32. The van der Waals surface area contributed by atoms with Crippen LogP contribution in [0.4, 0.5) is 5.82 Å². The van der Waals surface area contributed by atoms with Gasteiger partial charge in [-0.1, -0.05) is 20.8 Å². The van der Waals surface area contributed by atoms with Crippen LogP contribution in [-0.2, 0) is 17.3 Å². The second-order valence-corrected chi connectivity index (χ2v) is 8.43. The maximum Gasteiger partial charge on any atom is 0.254 e. The number of amides is 2. The third kappa shape index (κ3) is 4.52. The Balaban J connectivity index is 1.73. The number of aryl methyl sites for hydroxylation is 1. The number of ether oxygens (including phenoxy) is 2. The average molecular weight is 400 g/mol. The molecule has 0 atom stereocenters. The minimum absolute atomic E-state index is 0.0685. The van der Waals surface area contributed by atoms with Crippen LogP contribution in [-0.4, -0.2) is 45.9 Å². The molecule has 1 aliphatic rings. The van der Waals surface area contributed by atoms with Crippen molar-refractivity contribution >= 4 is 17.6 Å². The van der Waals surface area contributed by atoms with Crippen molar-refractivity contribution < 1.29 is 19.1 Å². The van der Waals surface area contributed by atoms with E-state index < -0.39 is 0 Å². The molecule has 0 radical (unpaired) electrons. The molecule has 29 heavy (non-hydrogen) atoms. The molecule has 3 rings (SSSR count). The van der Waals surface area contributed by atoms with Crippen LogP contribution in [0.25, 0.3) is 0 Å². The van der Waals surface area contributed by atoms with E-state index in [1.165, 1.54) is 4.90 Å². The van der Waals surface area contributed by atoms with Gasteiger partial charge in [-0.2, -0.15) is 5.10 Å². The molecule has 1 aromatic carbocycles. The van der Waals surface area contributed by atoms with E-state index in [1.54, 1.807) is 29.9 Å². The van der Waals surface area contributed by atoms with Gasteiger partial charge in [0.25, 0.3) is 5.91 Å². The molecule has 0 bridgehead atoms. The third-order valence-electron chi connectivity index (χ3n) is 4.73. The maximum atomic E-state index is 13.0. The fraction of sp³-hybridized carbons (Fsp3) is 0.476. The molecule has 0 aliphatic carbocycles. The first-order chi connectivity index (χ1) is 13.6. The van der Waals surface area contributed by atoms with Crippen molar-refractivity contribution in [3.8, 4) is 11.5 Å². The lowest BCUT2D eigenvalue weighted by Crippen LogP contribution is -2.42. The number of nitrogens with one attached hydrogen (secondary N) is 1. The van der Waals surface area contributed by atoms with Crippen LogP contribution in [0.3, 0.4) is 0 Å². The van der Waals surface area contributed by atoms with E-state index >= 15 is 0 Å². The summed E-state index contributed by atoms with van der Waals surface area (Å²) in [4.78, 5) is 27.2. The van der Waals surface area contributed by atoms with Gasteiger partial charge in [-0.25, -0.2) is 0 Å². The number of fused-ring (bicyclic) bond motifs is 1. The minimum Gasteiger partial charge on any atom is -0.454 e. The van der Waals surface area contributed by atoms with Crippen molar-refractivity contribution in [2.24, 2.45) is 7.05 Å². The fourth-order valence-electron chi connectivity index (χ4n) is 2.97. The molecule has 1 aliphatic heterocycles. The molecule has 1 N–H and O–H groups in total. The van der Waals surface area contributed by atoms with E-state index in [-0.39, 0.29) is 36.6 Å². The summed E-state index contributed by atoms with van der Waals surface area (Å²) >= 11 is 0. The molecule has 0 saturated carbocycles. The van der Waals surface area contributed by atoms with E-state index in [0.29, 0.717) is 22.9 Å². The topological polar surface area (TPSA) is 85.7 Å². The summed E-state index contributed by atoms with van der Waals surface area (Å²) in [5.41, 5.74) is 1.21. The number of carbonyl (C=O) groups excluding carboxylic acids is 2. The van der Waals surface area contributed by atoms with Gasteiger partial charge < -0.3 is 19.7 Å². The molecule has 1 aromatic heterocycles. The molecular formula is C21H28N4O4. The Hall–Kier alpha value is -3.03. The lowest BCUT2D eigenvalue weighted by molar-refractivity contribution is -0.117. The molecule has 8 nitrogen and oxygen atoms in total. The molecule has 0 unspecified atom stereocenters. The smallest absolute Gasteiger partial charge is 0.254 e. The first kappa shape index (κ1) is 20.7. The lowest BCUT2D eigenvalue weighted by atomic mass is 9.92. The summed E-state index contributed by atoms with van der Waals surface area (Å²) in [6.07, 6.45) is 0. The zero-order valence-electron chi connectivity index (χ0n) is 17.8. The van der Waals surface area contributed by atoms with Gasteiger partial charge in [-0.3, -0.25) is 14.3 Å². The number of anilines is 1. The summed E-state index contributed by atoms with van der Waals surface area (Å²) in [6.45, 7) is 10.0. The van der Waals surface area contributed by atoms with Crippen LogP contribution < -0.4 is 14.8 Å². The van der Waals surface area contributed by atoms with Gasteiger partial charge in [-0.15, -0.1) is 0 Å². The van der Waals surface area contributed by atoms with Crippen molar-refractivity contribution in [2.45, 2.75) is 46.1 Å². The van der Waals surface area contributed by atoms with E-state index in [9.17, 15) is 9.59 Å². The first-order valence-corrected chi connectivity index (χ1v) is 9.61. The van der Waals surface area contributed by atoms with Crippen molar-refractivity contribution in [2.75, 3.05) is 18.7 Å². The highest BCUT2D eigenvalue weighted by atomic mass is 16.7. The Labute approximate surface area is 170 Å². The van der Waals surface area contributed by atoms with Crippen LogP contribution in [0.15, 0.2) is 24.3 Å². The molecule has 0 saturated heterocycles. The standard InChI is InChI=1S/C21H28N4O4/c1-13(2)25(20(27)14-7-8-15-16(9-14)29-12-28-15)11-19(26)22-18-10-17(21(3,4)5)23-24(18)6/h7-10,13H,11-12H2,1-6H3,(H,22,26). The second-order valence-electron chi connectivity index (χ2n) is 8.43. The normalized spacial score (nSPS) is 12.9. The highest BCUT2D eigenvalue weighted by molar-refractivity contribution is 5.99. The maximum absolute atomic E-state index is 13.0. The van der Waals surface area contributed by atoms with Gasteiger partial charge >= 0.3 is 0 Å². The van der Waals surface area contributed by atoms with E-state index in [2.05, 4.69) is 31.2 Å². The molecular weight excluding hydrogens is 372 g/mol. The van der Waals surface area contributed by atoms with Crippen LogP contribution in [0.1, 0.15) is 50.7 Å². The van der Waals surface area contributed by atoms with Crippen molar-refractivity contribution in [1.82, 2.24) is 14.7 Å². The molecule has 8 heteroatoms. The number of nitrogens with zero attached hydrogens (tertiary/aromatic N) is 3. The Morgan fingerprint density at radius 1 is 1.21 bits per heavy atom. The monoisotopic (exact) mass is 400 g/mol. The van der Waals surface area contributed by atoms with Gasteiger partial charge in [0.1, 0.15) is 12.4 Å². The summed E-state index contributed by atoms with van der Waals surface area (Å²) in [6, 6.07) is 6.74. The van der Waals surface area contributed by atoms with Crippen molar-refractivity contribution in [1.29, 1.82) is 0 Å². The van der Waals surface area contributed by atoms with Crippen molar-refractivity contribution in [3.05, 3.63) is 35.5 Å². The van der Waals surface area contributed by atoms with Crippen LogP contribution in [0.5, 0.6) is 11.5 Å². The molecule has 156 valence electrons. The quantitative estimate of drug-likeness (QED) is 0.834. The van der Waals surface area contributed by atoms with Gasteiger partial charge in [-0.05, 0) is 32.0 Å². The van der Waals surface area contributed by atoms with Crippen molar-refractivity contribution in [3.63, 3.8) is 0 Å². The Morgan fingerprint density at radius 3 is 2.52 bits per heavy atom. The summed E-state index contributed by atoms with van der Waals surface area (Å²) in [5.74, 6) is 1.22. The molecule has 0 fully saturated rings. The predicted octanol–water partition coefficient (Wildman–Crippen LogP) is 2.94. The second kappa shape index (κ2) is 7.77. The zero-order chi connectivity index (χ0) is 21.3. The highest BCUT2D eigenvalue weighted by Gasteiger charge is 2.25. The number of hydrogen-bond donors (Lipinski definition) is 1. The zero-order valence-corrected chi connectivity index (χ0v) is 17.8. The number of rotatable bonds is 5. The van der Waals surface area contributed by atoms with E-state index in [4.69, 9.17) is 9.47 Å². The summed E-state index contributed by atoms with van der Waals surface area (Å²) < 4.78 is 12.3. The number of carbonyl (C=O) groups is 2. The Bertz CT molecular complexity index is 927. The highest BCUT2D eigenvalue weighted by Crippen LogP contribution is 2.33. The van der Waals surface area contributed by atoms with Gasteiger partial charge in [0.2, 0.25) is 12.7 Å². The van der Waals surface area contributed by atoms with Crippen LogP contribution in [0.2, 0.25) is 0 Å².